The highest BCUT2D eigenvalue weighted by atomic mass is 15.3. The Bertz CT molecular complexity index is 638. The van der Waals surface area contributed by atoms with Crippen molar-refractivity contribution in [2.24, 2.45) is 0 Å². The number of nitrogens with zero attached hydrogens (tertiary/aromatic N) is 2. The van der Waals surface area contributed by atoms with Gasteiger partial charge in [-0.05, 0) is 48.4 Å². The Morgan fingerprint density at radius 1 is 1.14 bits per heavy atom. The Balaban J connectivity index is 1.57. The number of hydrogen-bond acceptors (Lipinski definition) is 3. The zero-order valence-electron chi connectivity index (χ0n) is 13.0. The third-order valence-corrected chi connectivity index (χ3v) is 5.01. The van der Waals surface area contributed by atoms with Crippen LogP contribution in [0.1, 0.15) is 23.1 Å². The van der Waals surface area contributed by atoms with Crippen molar-refractivity contribution in [3.05, 3.63) is 59.3 Å². The molecule has 0 unspecified atom stereocenters. The van der Waals surface area contributed by atoms with Crippen molar-refractivity contribution in [3.8, 4) is 0 Å². The Labute approximate surface area is 132 Å². The van der Waals surface area contributed by atoms with Gasteiger partial charge in [0.25, 0.3) is 0 Å². The van der Waals surface area contributed by atoms with Crippen LogP contribution in [0.4, 0.5) is 5.82 Å². The summed E-state index contributed by atoms with van der Waals surface area (Å²) >= 11 is 0. The molecule has 0 radical (unpaired) electrons. The number of hydrogen-bond donors (Lipinski definition) is 1. The summed E-state index contributed by atoms with van der Waals surface area (Å²) in [5, 5.41) is 3.51. The number of rotatable bonds is 3. The van der Waals surface area contributed by atoms with E-state index < -0.39 is 0 Å². The number of benzene rings is 1. The molecule has 1 saturated heterocycles. The summed E-state index contributed by atoms with van der Waals surface area (Å²) in [6.07, 6.45) is 6.66. The molecule has 2 aromatic rings. The van der Waals surface area contributed by atoms with Crippen molar-refractivity contribution in [1.29, 1.82) is 0 Å². The van der Waals surface area contributed by atoms with E-state index in [-0.39, 0.29) is 0 Å². The minimum Gasteiger partial charge on any atom is -0.351 e. The number of aromatic nitrogens is 1. The molecule has 2 aliphatic heterocycles. The molecular weight excluding hydrogens is 270 g/mol. The lowest BCUT2D eigenvalue weighted by molar-refractivity contribution is 0.435. The Morgan fingerprint density at radius 2 is 2.05 bits per heavy atom. The second-order valence-corrected chi connectivity index (χ2v) is 6.35. The summed E-state index contributed by atoms with van der Waals surface area (Å²) in [7, 11) is 0. The molecule has 0 aliphatic carbocycles. The third-order valence-electron chi connectivity index (χ3n) is 5.01. The standard InChI is InChI=1S/C19H23N3/c1-2-4-15(5-3-1)6-7-16-10-11-21-19-18(16)9-8-17-14-20-12-13-22(17)19/h1-5,10-11,17,20H,6-9,12-14H2/t17-/m1/s1. The van der Waals surface area contributed by atoms with Crippen molar-refractivity contribution in [2.75, 3.05) is 24.5 Å². The summed E-state index contributed by atoms with van der Waals surface area (Å²) < 4.78 is 0. The first-order chi connectivity index (χ1) is 10.9. The van der Waals surface area contributed by atoms with Crippen LogP contribution in [0.25, 0.3) is 0 Å². The van der Waals surface area contributed by atoms with Gasteiger partial charge < -0.3 is 10.2 Å². The van der Waals surface area contributed by atoms with Crippen LogP contribution in [0.15, 0.2) is 42.6 Å². The SMILES string of the molecule is c1ccc(CCc2ccnc3c2CC[C@@H]2CNCCN32)cc1. The van der Waals surface area contributed by atoms with Gasteiger partial charge in [-0.3, -0.25) is 0 Å². The van der Waals surface area contributed by atoms with Crippen molar-refractivity contribution >= 4 is 5.82 Å². The van der Waals surface area contributed by atoms with Gasteiger partial charge in [0.15, 0.2) is 0 Å². The molecular formula is C19H23N3. The predicted molar refractivity (Wildman–Crippen MR) is 90.4 cm³/mol. The van der Waals surface area contributed by atoms with Gasteiger partial charge in [-0.25, -0.2) is 4.98 Å². The number of pyridine rings is 1. The van der Waals surface area contributed by atoms with Crippen LogP contribution in [-0.4, -0.2) is 30.7 Å². The first-order valence-electron chi connectivity index (χ1n) is 8.40. The van der Waals surface area contributed by atoms with Crippen molar-refractivity contribution in [1.82, 2.24) is 10.3 Å². The molecule has 1 aromatic carbocycles. The van der Waals surface area contributed by atoms with E-state index >= 15 is 0 Å². The molecule has 114 valence electrons. The Kier molecular flexibility index (Phi) is 3.81. The van der Waals surface area contributed by atoms with E-state index in [1.54, 1.807) is 0 Å². The van der Waals surface area contributed by atoms with E-state index in [2.05, 4.69) is 46.6 Å². The summed E-state index contributed by atoms with van der Waals surface area (Å²) in [4.78, 5) is 7.25. The maximum absolute atomic E-state index is 4.72. The van der Waals surface area contributed by atoms with Crippen LogP contribution in [0.3, 0.4) is 0 Å². The van der Waals surface area contributed by atoms with Crippen LogP contribution >= 0.6 is 0 Å². The largest absolute Gasteiger partial charge is 0.351 e. The molecule has 3 heterocycles. The number of nitrogens with one attached hydrogen (secondary N) is 1. The highest BCUT2D eigenvalue weighted by Crippen LogP contribution is 2.32. The highest BCUT2D eigenvalue weighted by molar-refractivity contribution is 5.54. The predicted octanol–water partition coefficient (Wildman–Crippen LogP) is 2.59. The van der Waals surface area contributed by atoms with Gasteiger partial charge in [0, 0.05) is 31.9 Å². The van der Waals surface area contributed by atoms with E-state index in [9.17, 15) is 0 Å². The molecule has 1 fully saturated rings. The maximum atomic E-state index is 4.72. The summed E-state index contributed by atoms with van der Waals surface area (Å²) in [5.41, 5.74) is 4.41. The average Bonchev–Trinajstić information content (AvgIpc) is 2.60. The fourth-order valence-corrected chi connectivity index (χ4v) is 3.81. The number of piperazine rings is 1. The lowest BCUT2D eigenvalue weighted by Gasteiger charge is -2.42. The third kappa shape index (κ3) is 2.61. The molecule has 0 bridgehead atoms. The maximum Gasteiger partial charge on any atom is 0.132 e. The monoisotopic (exact) mass is 293 g/mol. The van der Waals surface area contributed by atoms with Crippen molar-refractivity contribution < 1.29 is 0 Å². The van der Waals surface area contributed by atoms with Crippen LogP contribution < -0.4 is 10.2 Å². The first-order valence-corrected chi connectivity index (χ1v) is 8.40. The van der Waals surface area contributed by atoms with Crippen LogP contribution in [0.2, 0.25) is 0 Å². The molecule has 1 atom stereocenters. The smallest absolute Gasteiger partial charge is 0.132 e. The highest BCUT2D eigenvalue weighted by Gasteiger charge is 2.30. The van der Waals surface area contributed by atoms with Gasteiger partial charge in [0.1, 0.15) is 5.82 Å². The molecule has 2 aliphatic rings. The van der Waals surface area contributed by atoms with Gasteiger partial charge in [-0.2, -0.15) is 0 Å². The minimum atomic E-state index is 0.637. The molecule has 0 spiro atoms. The topological polar surface area (TPSA) is 28.2 Å². The lowest BCUT2D eigenvalue weighted by Crippen LogP contribution is -2.53. The van der Waals surface area contributed by atoms with Crippen molar-refractivity contribution in [2.45, 2.75) is 31.7 Å². The fourth-order valence-electron chi connectivity index (χ4n) is 3.81. The second-order valence-electron chi connectivity index (χ2n) is 6.35. The van der Waals surface area contributed by atoms with E-state index in [4.69, 9.17) is 4.98 Å². The molecule has 4 rings (SSSR count). The van der Waals surface area contributed by atoms with E-state index in [0.717, 1.165) is 32.5 Å². The summed E-state index contributed by atoms with van der Waals surface area (Å²) in [5.74, 6) is 1.25. The molecule has 3 heteroatoms. The second kappa shape index (κ2) is 6.09. The zero-order valence-corrected chi connectivity index (χ0v) is 13.0. The van der Waals surface area contributed by atoms with Crippen LogP contribution in [0.5, 0.6) is 0 Å². The number of aryl methyl sites for hydroxylation is 2. The lowest BCUT2D eigenvalue weighted by atomic mass is 9.91. The average molecular weight is 293 g/mol. The quantitative estimate of drug-likeness (QED) is 0.943. The summed E-state index contributed by atoms with van der Waals surface area (Å²) in [6, 6.07) is 13.6. The zero-order chi connectivity index (χ0) is 14.8. The molecule has 22 heavy (non-hydrogen) atoms. The normalized spacial score (nSPS) is 20.4. The first kappa shape index (κ1) is 13.8. The number of fused-ring (bicyclic) bond motifs is 3. The molecule has 0 saturated carbocycles. The molecule has 1 N–H and O–H groups in total. The molecule has 3 nitrogen and oxygen atoms in total. The fraction of sp³-hybridized carbons (Fsp3) is 0.421. The van der Waals surface area contributed by atoms with Gasteiger partial charge in [0.05, 0.1) is 0 Å². The van der Waals surface area contributed by atoms with Gasteiger partial charge >= 0.3 is 0 Å². The molecule has 1 aromatic heterocycles. The molecule has 0 amide bonds. The van der Waals surface area contributed by atoms with Gasteiger partial charge in [-0.15, -0.1) is 0 Å². The summed E-state index contributed by atoms with van der Waals surface area (Å²) in [6.45, 7) is 3.27. The van der Waals surface area contributed by atoms with Gasteiger partial charge in [0.2, 0.25) is 0 Å². The van der Waals surface area contributed by atoms with E-state index in [1.807, 2.05) is 6.20 Å². The Morgan fingerprint density at radius 3 is 2.95 bits per heavy atom. The Hall–Kier alpha value is -1.87. The van der Waals surface area contributed by atoms with Crippen LogP contribution in [0, 0.1) is 0 Å². The van der Waals surface area contributed by atoms with Crippen LogP contribution in [-0.2, 0) is 19.3 Å². The van der Waals surface area contributed by atoms with E-state index in [1.165, 1.54) is 35.3 Å². The minimum absolute atomic E-state index is 0.637. The van der Waals surface area contributed by atoms with E-state index in [0.29, 0.717) is 6.04 Å². The van der Waals surface area contributed by atoms with Crippen molar-refractivity contribution in [3.63, 3.8) is 0 Å². The number of anilines is 1. The van der Waals surface area contributed by atoms with Gasteiger partial charge in [-0.1, -0.05) is 30.3 Å².